The second-order valence-electron chi connectivity index (χ2n) is 5.69. The molecule has 2 aromatic heterocycles. The third-order valence-corrected chi connectivity index (χ3v) is 4.35. The second-order valence-corrected chi connectivity index (χ2v) is 6.10. The van der Waals surface area contributed by atoms with Gasteiger partial charge in [-0.1, -0.05) is 35.0 Å². The van der Waals surface area contributed by atoms with Crippen molar-refractivity contribution in [2.24, 2.45) is 0 Å². The molecule has 2 heterocycles. The number of aromatic amines is 1. The summed E-state index contributed by atoms with van der Waals surface area (Å²) in [6, 6.07) is 12.1. The lowest BCUT2D eigenvalue weighted by Crippen LogP contribution is -2.09. The number of nitrogens with zero attached hydrogens (tertiary/aromatic N) is 2. The van der Waals surface area contributed by atoms with Gasteiger partial charge in [0, 0.05) is 5.39 Å². The topological polar surface area (TPSA) is 101 Å². The Morgan fingerprint density at radius 3 is 2.85 bits per heavy atom. The van der Waals surface area contributed by atoms with E-state index in [1.54, 1.807) is 30.3 Å². The van der Waals surface area contributed by atoms with Crippen molar-refractivity contribution in [3.63, 3.8) is 0 Å². The summed E-state index contributed by atoms with van der Waals surface area (Å²) < 4.78 is 10.8. The van der Waals surface area contributed by atoms with Gasteiger partial charge >= 0.3 is 0 Å². The number of hydrogen-bond acceptors (Lipinski definition) is 6. The Bertz CT molecular complexity index is 1200. The zero-order chi connectivity index (χ0) is 19.0. The van der Waals surface area contributed by atoms with Crippen LogP contribution in [0.1, 0.15) is 6.92 Å². The molecule has 0 aliphatic rings. The molecular formula is C19H14ClN3O4. The highest BCUT2D eigenvalue weighted by molar-refractivity contribution is 6.35. The molecule has 0 saturated carbocycles. The first-order valence-electron chi connectivity index (χ1n) is 8.20. The van der Waals surface area contributed by atoms with Crippen LogP contribution in [-0.2, 0) is 0 Å². The summed E-state index contributed by atoms with van der Waals surface area (Å²) in [7, 11) is 0. The van der Waals surface area contributed by atoms with Gasteiger partial charge in [-0.05, 0) is 31.2 Å². The van der Waals surface area contributed by atoms with Crippen molar-refractivity contribution in [3.8, 4) is 34.3 Å². The first-order chi connectivity index (χ1) is 13.1. The van der Waals surface area contributed by atoms with E-state index in [1.807, 2.05) is 19.1 Å². The SMILES string of the molecule is CCOc1ccccc1-c1noc(-c2c(O)c3cccc(Cl)c3[nH]c2=O)n1. The highest BCUT2D eigenvalue weighted by Gasteiger charge is 2.22. The van der Waals surface area contributed by atoms with Crippen molar-refractivity contribution < 1.29 is 14.4 Å². The fraction of sp³-hybridized carbons (Fsp3) is 0.105. The summed E-state index contributed by atoms with van der Waals surface area (Å²) in [6.45, 7) is 2.35. The molecule has 0 aliphatic heterocycles. The van der Waals surface area contributed by atoms with Crippen molar-refractivity contribution in [2.45, 2.75) is 6.92 Å². The fourth-order valence-electron chi connectivity index (χ4n) is 2.83. The highest BCUT2D eigenvalue weighted by Crippen LogP contribution is 2.35. The lowest BCUT2D eigenvalue weighted by molar-refractivity contribution is 0.341. The Balaban J connectivity index is 1.87. The molecule has 2 N–H and O–H groups in total. The molecule has 8 heteroatoms. The molecule has 0 amide bonds. The molecule has 2 aromatic carbocycles. The van der Waals surface area contributed by atoms with Crippen molar-refractivity contribution in [2.75, 3.05) is 6.61 Å². The molecule has 0 radical (unpaired) electrons. The number of hydrogen-bond donors (Lipinski definition) is 2. The lowest BCUT2D eigenvalue weighted by atomic mass is 10.1. The predicted octanol–water partition coefficient (Wildman–Crippen LogP) is 4.00. The van der Waals surface area contributed by atoms with Gasteiger partial charge in [-0.15, -0.1) is 0 Å². The summed E-state index contributed by atoms with van der Waals surface area (Å²) in [5, 5.41) is 15.2. The van der Waals surface area contributed by atoms with Crippen molar-refractivity contribution >= 4 is 22.5 Å². The molecule has 0 aliphatic carbocycles. The van der Waals surface area contributed by atoms with Gasteiger partial charge < -0.3 is 19.4 Å². The van der Waals surface area contributed by atoms with Gasteiger partial charge in [-0.25, -0.2) is 0 Å². The number of rotatable bonds is 4. The monoisotopic (exact) mass is 383 g/mol. The number of H-pyrrole nitrogens is 1. The molecule has 4 rings (SSSR count). The van der Waals surface area contributed by atoms with Gasteiger partial charge in [0.15, 0.2) is 0 Å². The minimum absolute atomic E-state index is 0.100. The number of halogens is 1. The van der Waals surface area contributed by atoms with E-state index in [-0.39, 0.29) is 23.0 Å². The Morgan fingerprint density at radius 2 is 2.04 bits per heavy atom. The Kier molecular flexibility index (Phi) is 4.29. The molecule has 4 aromatic rings. The van der Waals surface area contributed by atoms with Crippen molar-refractivity contribution in [3.05, 3.63) is 57.8 Å². The van der Waals surface area contributed by atoms with Crippen LogP contribution in [0.3, 0.4) is 0 Å². The normalized spacial score (nSPS) is 11.0. The number of fused-ring (bicyclic) bond motifs is 1. The van der Waals surface area contributed by atoms with E-state index < -0.39 is 5.56 Å². The van der Waals surface area contributed by atoms with Gasteiger partial charge in [0.25, 0.3) is 11.4 Å². The lowest BCUT2D eigenvalue weighted by Gasteiger charge is -2.06. The summed E-state index contributed by atoms with van der Waals surface area (Å²) in [5.74, 6) is 0.469. The van der Waals surface area contributed by atoms with Gasteiger partial charge in [-0.2, -0.15) is 4.98 Å². The van der Waals surface area contributed by atoms with Crippen LogP contribution in [0.5, 0.6) is 11.5 Å². The number of pyridine rings is 1. The minimum atomic E-state index is -0.582. The molecule has 136 valence electrons. The van der Waals surface area contributed by atoms with Crippen LogP contribution in [-0.4, -0.2) is 26.8 Å². The summed E-state index contributed by atoms with van der Waals surface area (Å²) in [5.41, 5.74) is 0.264. The average Bonchev–Trinajstić information content (AvgIpc) is 3.13. The zero-order valence-electron chi connectivity index (χ0n) is 14.2. The van der Waals surface area contributed by atoms with Crippen LogP contribution in [0.2, 0.25) is 5.02 Å². The van der Waals surface area contributed by atoms with Crippen molar-refractivity contribution in [1.29, 1.82) is 0 Å². The van der Waals surface area contributed by atoms with E-state index in [1.165, 1.54) is 0 Å². The van der Waals surface area contributed by atoms with Gasteiger partial charge in [0.05, 0.1) is 22.7 Å². The van der Waals surface area contributed by atoms with Gasteiger partial charge in [0.1, 0.15) is 17.1 Å². The first kappa shape index (κ1) is 17.1. The Hall–Kier alpha value is -3.32. The predicted molar refractivity (Wildman–Crippen MR) is 101 cm³/mol. The van der Waals surface area contributed by atoms with Gasteiger partial charge in [0.2, 0.25) is 5.82 Å². The molecule has 0 saturated heterocycles. The third kappa shape index (κ3) is 2.92. The Labute approximate surface area is 158 Å². The van der Waals surface area contributed by atoms with E-state index in [9.17, 15) is 9.90 Å². The molecule has 7 nitrogen and oxygen atoms in total. The Morgan fingerprint density at radius 1 is 1.22 bits per heavy atom. The largest absolute Gasteiger partial charge is 0.506 e. The van der Waals surface area contributed by atoms with Crippen molar-refractivity contribution in [1.82, 2.24) is 15.1 Å². The fourth-order valence-corrected chi connectivity index (χ4v) is 3.05. The molecule has 0 fully saturated rings. The number of para-hydroxylation sites is 2. The first-order valence-corrected chi connectivity index (χ1v) is 8.57. The van der Waals surface area contributed by atoms with E-state index in [4.69, 9.17) is 20.9 Å². The highest BCUT2D eigenvalue weighted by atomic mass is 35.5. The maximum Gasteiger partial charge on any atom is 0.267 e. The average molecular weight is 384 g/mol. The minimum Gasteiger partial charge on any atom is -0.506 e. The van der Waals surface area contributed by atoms with E-state index in [0.717, 1.165) is 0 Å². The third-order valence-electron chi connectivity index (χ3n) is 4.04. The van der Waals surface area contributed by atoms with Crippen LogP contribution in [0.4, 0.5) is 0 Å². The number of benzene rings is 2. The van der Waals surface area contributed by atoms with E-state index >= 15 is 0 Å². The quantitative estimate of drug-likeness (QED) is 0.552. The van der Waals surface area contributed by atoms with Gasteiger partial charge in [-0.3, -0.25) is 4.79 Å². The van der Waals surface area contributed by atoms with Crippen LogP contribution in [0, 0.1) is 0 Å². The maximum absolute atomic E-state index is 12.5. The summed E-state index contributed by atoms with van der Waals surface area (Å²) in [6.07, 6.45) is 0. The molecule has 0 bridgehead atoms. The van der Waals surface area contributed by atoms with E-state index in [2.05, 4.69) is 15.1 Å². The van der Waals surface area contributed by atoms with Crippen LogP contribution in [0.25, 0.3) is 33.7 Å². The number of aromatic nitrogens is 3. The van der Waals surface area contributed by atoms with Crippen LogP contribution >= 0.6 is 11.6 Å². The molecule has 27 heavy (non-hydrogen) atoms. The summed E-state index contributed by atoms with van der Waals surface area (Å²) in [4.78, 5) is 19.4. The van der Waals surface area contributed by atoms with Crippen LogP contribution in [0.15, 0.2) is 51.8 Å². The van der Waals surface area contributed by atoms with Crippen LogP contribution < -0.4 is 10.3 Å². The maximum atomic E-state index is 12.5. The number of nitrogens with one attached hydrogen (secondary N) is 1. The number of ether oxygens (including phenoxy) is 1. The smallest absolute Gasteiger partial charge is 0.267 e. The zero-order valence-corrected chi connectivity index (χ0v) is 14.9. The molecule has 0 atom stereocenters. The number of aromatic hydroxyl groups is 1. The molecule has 0 unspecified atom stereocenters. The molecule has 0 spiro atoms. The van der Waals surface area contributed by atoms with E-state index in [0.29, 0.717) is 33.8 Å². The second kappa shape index (κ2) is 6.77. The molecular weight excluding hydrogens is 370 g/mol. The summed E-state index contributed by atoms with van der Waals surface area (Å²) >= 11 is 6.08. The standard InChI is InChI=1S/C19H14ClN3O4/c1-2-26-13-9-4-3-6-10(13)17-22-19(27-23-17)14-16(24)11-7-5-8-12(20)15(11)21-18(14)25/h3-9H,2H2,1H3,(H2,21,24,25).